The Kier molecular flexibility index (Phi) is 3.10. The third-order valence-electron chi connectivity index (χ3n) is 5.12. The molecule has 2 fully saturated rings. The first-order chi connectivity index (χ1) is 10.6. The van der Waals surface area contributed by atoms with Gasteiger partial charge in [0.2, 0.25) is 0 Å². The summed E-state index contributed by atoms with van der Waals surface area (Å²) in [5.41, 5.74) is 2.61. The molecule has 5 nitrogen and oxygen atoms in total. The second-order valence-corrected chi connectivity index (χ2v) is 6.46. The minimum atomic E-state index is -0.713. The van der Waals surface area contributed by atoms with E-state index in [0.717, 1.165) is 12.8 Å². The molecule has 0 spiro atoms. The van der Waals surface area contributed by atoms with Crippen LogP contribution in [0.25, 0.3) is 0 Å². The van der Waals surface area contributed by atoms with Gasteiger partial charge in [-0.1, -0.05) is 6.08 Å². The number of rotatable bonds is 2. The molecule has 1 amide bonds. The van der Waals surface area contributed by atoms with Gasteiger partial charge >= 0.3 is 5.97 Å². The second-order valence-electron chi connectivity index (χ2n) is 6.46. The highest BCUT2D eigenvalue weighted by molar-refractivity contribution is 5.97. The van der Waals surface area contributed by atoms with Crippen LogP contribution in [0.1, 0.15) is 32.6 Å². The fourth-order valence-electron chi connectivity index (χ4n) is 4.01. The molecule has 0 aromatic heterocycles. The van der Waals surface area contributed by atoms with E-state index in [-0.39, 0.29) is 23.8 Å². The van der Waals surface area contributed by atoms with E-state index in [9.17, 15) is 9.59 Å². The van der Waals surface area contributed by atoms with E-state index in [1.807, 2.05) is 0 Å². The van der Waals surface area contributed by atoms with Crippen LogP contribution in [0.2, 0.25) is 0 Å². The average molecular weight is 301 g/mol. The average Bonchev–Trinajstić information content (AvgIpc) is 3.10. The van der Waals surface area contributed by atoms with Gasteiger partial charge in [-0.2, -0.15) is 0 Å². The number of carbonyl (C=O) groups is 2. The predicted octanol–water partition coefficient (Wildman–Crippen LogP) is 1.96. The summed E-state index contributed by atoms with van der Waals surface area (Å²) in [6.07, 6.45) is 9.27. The third-order valence-corrected chi connectivity index (χ3v) is 5.12. The first-order valence-corrected chi connectivity index (χ1v) is 7.89. The van der Waals surface area contributed by atoms with E-state index in [1.54, 1.807) is 13.0 Å². The molecule has 2 heterocycles. The Bertz CT molecular complexity index is 631. The molecule has 4 aliphatic rings. The van der Waals surface area contributed by atoms with Crippen LogP contribution in [0.3, 0.4) is 0 Å². The van der Waals surface area contributed by atoms with Crippen LogP contribution in [0.15, 0.2) is 35.1 Å². The lowest BCUT2D eigenvalue weighted by Crippen LogP contribution is -2.28. The number of fused-ring (bicyclic) bond motifs is 3. The second kappa shape index (κ2) is 5.00. The molecule has 116 valence electrons. The highest BCUT2D eigenvalue weighted by Crippen LogP contribution is 2.47. The lowest BCUT2D eigenvalue weighted by molar-refractivity contribution is -0.152. The number of amides is 1. The van der Waals surface area contributed by atoms with Crippen molar-refractivity contribution in [3.63, 3.8) is 0 Å². The molecular weight excluding hydrogens is 282 g/mol. The molecule has 0 aromatic carbocycles. The smallest absolute Gasteiger partial charge is 0.336 e. The summed E-state index contributed by atoms with van der Waals surface area (Å²) >= 11 is 0. The van der Waals surface area contributed by atoms with E-state index in [0.29, 0.717) is 17.1 Å². The number of allylic oxidation sites excluding steroid dienone is 1. The van der Waals surface area contributed by atoms with Gasteiger partial charge in [0.05, 0.1) is 17.9 Å². The van der Waals surface area contributed by atoms with Gasteiger partial charge in [0, 0.05) is 17.6 Å². The molecule has 0 unspecified atom stereocenters. The Hall–Kier alpha value is -2.04. The highest BCUT2D eigenvalue weighted by atomic mass is 16.7. The number of carbonyl (C=O) groups excluding carboxylic acids is 2. The molecule has 1 saturated heterocycles. The van der Waals surface area contributed by atoms with Crippen LogP contribution in [0, 0.1) is 11.8 Å². The van der Waals surface area contributed by atoms with Crippen LogP contribution in [0.4, 0.5) is 0 Å². The number of hydrogen-bond donors (Lipinski definition) is 1. The fraction of sp³-hybridized carbons (Fsp3) is 0.529. The largest absolute Gasteiger partial charge is 0.458 e. The predicted molar refractivity (Wildman–Crippen MR) is 78.3 cm³/mol. The SMILES string of the molecule is CC1=C[C@H](O/C=C2/C(=O)N[C@@H]3C4=CCCC[C@H]4C[C@H]23)OC1=O. The van der Waals surface area contributed by atoms with Crippen LogP contribution in [0.5, 0.6) is 0 Å². The van der Waals surface area contributed by atoms with E-state index >= 15 is 0 Å². The van der Waals surface area contributed by atoms with E-state index < -0.39 is 6.29 Å². The van der Waals surface area contributed by atoms with Gasteiger partial charge in [0.15, 0.2) is 0 Å². The molecule has 2 aliphatic carbocycles. The van der Waals surface area contributed by atoms with E-state index in [4.69, 9.17) is 9.47 Å². The zero-order chi connectivity index (χ0) is 15.3. The maximum Gasteiger partial charge on any atom is 0.336 e. The summed E-state index contributed by atoms with van der Waals surface area (Å²) in [7, 11) is 0. The molecule has 22 heavy (non-hydrogen) atoms. The number of esters is 1. The molecule has 1 saturated carbocycles. The van der Waals surface area contributed by atoms with Crippen LogP contribution in [-0.2, 0) is 19.1 Å². The van der Waals surface area contributed by atoms with Crippen LogP contribution >= 0.6 is 0 Å². The van der Waals surface area contributed by atoms with Crippen molar-refractivity contribution in [2.45, 2.75) is 44.9 Å². The minimum absolute atomic E-state index is 0.0649. The van der Waals surface area contributed by atoms with Crippen molar-refractivity contribution in [3.8, 4) is 0 Å². The summed E-state index contributed by atoms with van der Waals surface area (Å²) < 4.78 is 10.5. The van der Waals surface area contributed by atoms with Crippen molar-refractivity contribution >= 4 is 11.9 Å². The van der Waals surface area contributed by atoms with Gasteiger partial charge in [-0.25, -0.2) is 4.79 Å². The van der Waals surface area contributed by atoms with Crippen molar-refractivity contribution < 1.29 is 19.1 Å². The Balaban J connectivity index is 1.52. The topological polar surface area (TPSA) is 64.6 Å². The van der Waals surface area contributed by atoms with Gasteiger partial charge < -0.3 is 14.8 Å². The molecule has 2 aliphatic heterocycles. The quantitative estimate of drug-likeness (QED) is 0.366. The minimum Gasteiger partial charge on any atom is -0.458 e. The number of nitrogens with one attached hydrogen (secondary N) is 1. The maximum absolute atomic E-state index is 12.2. The lowest BCUT2D eigenvalue weighted by atomic mass is 9.89. The van der Waals surface area contributed by atoms with Crippen molar-refractivity contribution in [1.29, 1.82) is 0 Å². The van der Waals surface area contributed by atoms with Gasteiger partial charge in [-0.3, -0.25) is 4.79 Å². The van der Waals surface area contributed by atoms with Gasteiger partial charge in [-0.15, -0.1) is 0 Å². The molecule has 1 N–H and O–H groups in total. The number of ether oxygens (including phenoxy) is 2. The molecule has 0 radical (unpaired) electrons. The molecule has 0 aromatic rings. The molecule has 4 rings (SSSR count). The molecule has 5 heteroatoms. The summed E-state index contributed by atoms with van der Waals surface area (Å²) in [4.78, 5) is 23.5. The van der Waals surface area contributed by atoms with Gasteiger partial charge in [0.1, 0.15) is 0 Å². The monoisotopic (exact) mass is 301 g/mol. The molecule has 4 atom stereocenters. The summed E-state index contributed by atoms with van der Waals surface area (Å²) in [5, 5.41) is 3.08. The Morgan fingerprint density at radius 3 is 3.05 bits per heavy atom. The van der Waals surface area contributed by atoms with E-state index in [1.165, 1.54) is 24.7 Å². The van der Waals surface area contributed by atoms with Gasteiger partial charge in [-0.05, 0) is 44.1 Å². The fourth-order valence-corrected chi connectivity index (χ4v) is 4.01. The third kappa shape index (κ3) is 2.07. The van der Waals surface area contributed by atoms with E-state index in [2.05, 4.69) is 11.4 Å². The summed E-state index contributed by atoms with van der Waals surface area (Å²) in [6.45, 7) is 1.69. The Labute approximate surface area is 129 Å². The Morgan fingerprint density at radius 1 is 1.41 bits per heavy atom. The van der Waals surface area contributed by atoms with Crippen LogP contribution in [-0.4, -0.2) is 24.2 Å². The Morgan fingerprint density at radius 2 is 2.27 bits per heavy atom. The van der Waals surface area contributed by atoms with Crippen molar-refractivity contribution in [2.24, 2.45) is 11.8 Å². The van der Waals surface area contributed by atoms with Crippen molar-refractivity contribution in [1.82, 2.24) is 5.32 Å². The maximum atomic E-state index is 12.2. The molecule has 0 bridgehead atoms. The summed E-state index contributed by atoms with van der Waals surface area (Å²) in [5.74, 6) is 0.349. The molecular formula is C17H19NO4. The normalized spacial score (nSPS) is 38.1. The van der Waals surface area contributed by atoms with Crippen LogP contribution < -0.4 is 5.32 Å². The zero-order valence-corrected chi connectivity index (χ0v) is 12.5. The zero-order valence-electron chi connectivity index (χ0n) is 12.5. The van der Waals surface area contributed by atoms with Crippen molar-refractivity contribution in [2.75, 3.05) is 0 Å². The number of hydrogen-bond acceptors (Lipinski definition) is 4. The standard InChI is InChI=1S/C17H19NO4/c1-9-6-14(22-17(9)20)21-8-13-12-7-10-4-2-3-5-11(10)15(12)18-16(13)19/h5-6,8,10,12,14-15H,2-4,7H2,1H3,(H,18,19)/b13-8+/t10-,12+,14+,15+/m0/s1. The number of cyclic esters (lactones) is 1. The van der Waals surface area contributed by atoms with Gasteiger partial charge in [0.25, 0.3) is 12.2 Å². The highest BCUT2D eigenvalue weighted by Gasteiger charge is 2.48. The summed E-state index contributed by atoms with van der Waals surface area (Å²) in [6, 6.07) is 0.135. The first kappa shape index (κ1) is 13.6. The van der Waals surface area contributed by atoms with Crippen molar-refractivity contribution in [3.05, 3.63) is 35.1 Å². The first-order valence-electron chi connectivity index (χ1n) is 7.89. The lowest BCUT2D eigenvalue weighted by Gasteiger charge is -2.20.